The molecule has 5 heteroatoms. The van der Waals surface area contributed by atoms with Gasteiger partial charge in [0.2, 0.25) is 0 Å². The summed E-state index contributed by atoms with van der Waals surface area (Å²) in [5.74, 6) is -1.40. The number of nitrogens with one attached hydrogen (secondary N) is 2. The van der Waals surface area contributed by atoms with Crippen molar-refractivity contribution in [3.8, 4) is 11.1 Å². The van der Waals surface area contributed by atoms with E-state index in [1.165, 1.54) is 0 Å². The van der Waals surface area contributed by atoms with Gasteiger partial charge in [0.1, 0.15) is 0 Å². The van der Waals surface area contributed by atoms with Crippen molar-refractivity contribution >= 4 is 17.5 Å². The summed E-state index contributed by atoms with van der Waals surface area (Å²) in [6.07, 6.45) is 0. The zero-order chi connectivity index (χ0) is 18.4. The lowest BCUT2D eigenvalue weighted by Gasteiger charge is -2.08. The van der Waals surface area contributed by atoms with Crippen molar-refractivity contribution < 1.29 is 9.59 Å². The molecule has 0 aliphatic heterocycles. The molecular weight excluding hydrogens is 326 g/mol. The average molecular weight is 345 g/mol. The summed E-state index contributed by atoms with van der Waals surface area (Å²) in [6.45, 7) is 2.08. The van der Waals surface area contributed by atoms with E-state index < -0.39 is 11.8 Å². The highest BCUT2D eigenvalue weighted by Crippen LogP contribution is 2.20. The third-order valence-electron chi connectivity index (χ3n) is 3.83. The smallest absolute Gasteiger partial charge is 0.313 e. The molecule has 0 radical (unpaired) electrons. The molecule has 0 spiro atoms. The Hall–Kier alpha value is -3.47. The van der Waals surface area contributed by atoms with Gasteiger partial charge >= 0.3 is 11.8 Å². The Bertz CT molecular complexity index is 906. The number of carbonyl (C=O) groups is 2. The van der Waals surface area contributed by atoms with Gasteiger partial charge in [-0.2, -0.15) is 0 Å². The van der Waals surface area contributed by atoms with Crippen LogP contribution in [0.3, 0.4) is 0 Å². The molecule has 0 unspecified atom stereocenters. The Morgan fingerprint density at radius 3 is 2.19 bits per heavy atom. The number of amides is 2. The van der Waals surface area contributed by atoms with Crippen LogP contribution in [0.25, 0.3) is 11.1 Å². The Balaban J connectivity index is 1.56. The molecule has 1 aromatic heterocycles. The number of nitrogens with zero attached hydrogens (tertiary/aromatic N) is 1. The first kappa shape index (κ1) is 17.4. The molecular formula is C21H19N3O2. The Morgan fingerprint density at radius 1 is 0.808 bits per heavy atom. The number of hydrogen-bond donors (Lipinski definition) is 2. The maximum absolute atomic E-state index is 12.0. The number of aryl methyl sites for hydroxylation is 1. The van der Waals surface area contributed by atoms with Crippen molar-refractivity contribution in [2.45, 2.75) is 13.5 Å². The predicted molar refractivity (Wildman–Crippen MR) is 101 cm³/mol. The van der Waals surface area contributed by atoms with Gasteiger partial charge in [-0.15, -0.1) is 0 Å². The van der Waals surface area contributed by atoms with Crippen molar-refractivity contribution in [3.05, 3.63) is 84.2 Å². The summed E-state index contributed by atoms with van der Waals surface area (Å²) in [6, 6.07) is 22.8. The summed E-state index contributed by atoms with van der Waals surface area (Å²) in [7, 11) is 0. The first-order valence-corrected chi connectivity index (χ1v) is 8.29. The van der Waals surface area contributed by atoms with Crippen LogP contribution in [-0.2, 0) is 16.1 Å². The van der Waals surface area contributed by atoms with E-state index in [1.54, 1.807) is 18.2 Å². The predicted octanol–water partition coefficient (Wildman–Crippen LogP) is 3.31. The molecule has 3 rings (SSSR count). The SMILES string of the molecule is Cc1cccc(CNC(=O)C(=O)Nc2ccc(-c3ccccc3)cc2)n1. The van der Waals surface area contributed by atoms with Gasteiger partial charge in [0.05, 0.1) is 12.2 Å². The molecule has 2 amide bonds. The number of aromatic nitrogens is 1. The maximum atomic E-state index is 12.0. The van der Waals surface area contributed by atoms with Crippen molar-refractivity contribution in [1.82, 2.24) is 10.3 Å². The third-order valence-corrected chi connectivity index (χ3v) is 3.83. The van der Waals surface area contributed by atoms with Gasteiger partial charge in [0, 0.05) is 11.4 Å². The minimum absolute atomic E-state index is 0.209. The number of anilines is 1. The number of pyridine rings is 1. The van der Waals surface area contributed by atoms with Crippen LogP contribution in [0.15, 0.2) is 72.8 Å². The monoisotopic (exact) mass is 345 g/mol. The lowest BCUT2D eigenvalue weighted by atomic mass is 10.1. The molecule has 130 valence electrons. The molecule has 0 bridgehead atoms. The fraction of sp³-hybridized carbons (Fsp3) is 0.0952. The molecule has 2 aromatic carbocycles. The summed E-state index contributed by atoms with van der Waals surface area (Å²) in [5, 5.41) is 5.17. The van der Waals surface area contributed by atoms with E-state index in [0.717, 1.165) is 16.8 Å². The highest BCUT2D eigenvalue weighted by atomic mass is 16.2. The summed E-state index contributed by atoms with van der Waals surface area (Å²) in [4.78, 5) is 28.2. The third kappa shape index (κ3) is 4.54. The molecule has 3 aromatic rings. The second-order valence-electron chi connectivity index (χ2n) is 5.85. The highest BCUT2D eigenvalue weighted by Gasteiger charge is 2.13. The van der Waals surface area contributed by atoms with Crippen molar-refractivity contribution in [3.63, 3.8) is 0 Å². The Kier molecular flexibility index (Phi) is 5.39. The van der Waals surface area contributed by atoms with Crippen molar-refractivity contribution in [1.29, 1.82) is 0 Å². The van der Waals surface area contributed by atoms with Crippen LogP contribution in [0.5, 0.6) is 0 Å². The molecule has 0 aliphatic carbocycles. The van der Waals surface area contributed by atoms with Gasteiger partial charge < -0.3 is 10.6 Å². The fourth-order valence-electron chi connectivity index (χ4n) is 2.51. The highest BCUT2D eigenvalue weighted by molar-refractivity contribution is 6.39. The van der Waals surface area contributed by atoms with E-state index in [-0.39, 0.29) is 6.54 Å². The maximum Gasteiger partial charge on any atom is 0.313 e. The van der Waals surface area contributed by atoms with Crippen molar-refractivity contribution in [2.24, 2.45) is 0 Å². The molecule has 2 N–H and O–H groups in total. The number of carbonyl (C=O) groups excluding carboxylic acids is 2. The minimum Gasteiger partial charge on any atom is -0.342 e. The molecule has 0 saturated heterocycles. The first-order chi connectivity index (χ1) is 12.6. The van der Waals surface area contributed by atoms with Crippen LogP contribution >= 0.6 is 0 Å². The quantitative estimate of drug-likeness (QED) is 0.713. The minimum atomic E-state index is -0.704. The van der Waals surface area contributed by atoms with Gasteiger partial charge in [-0.05, 0) is 42.3 Å². The van der Waals surface area contributed by atoms with Crippen LogP contribution in [-0.4, -0.2) is 16.8 Å². The van der Waals surface area contributed by atoms with Crippen LogP contribution in [0.4, 0.5) is 5.69 Å². The van der Waals surface area contributed by atoms with Crippen LogP contribution in [0, 0.1) is 6.92 Å². The zero-order valence-electron chi connectivity index (χ0n) is 14.4. The van der Waals surface area contributed by atoms with Crippen LogP contribution in [0.1, 0.15) is 11.4 Å². The van der Waals surface area contributed by atoms with E-state index in [9.17, 15) is 9.59 Å². The van der Waals surface area contributed by atoms with Gasteiger partial charge in [0.15, 0.2) is 0 Å². The normalized spacial score (nSPS) is 10.2. The van der Waals surface area contributed by atoms with Gasteiger partial charge in [0.25, 0.3) is 0 Å². The van der Waals surface area contributed by atoms with Crippen LogP contribution in [0.2, 0.25) is 0 Å². The molecule has 0 fully saturated rings. The molecule has 0 saturated carbocycles. The van der Waals surface area contributed by atoms with E-state index in [0.29, 0.717) is 11.4 Å². The second-order valence-corrected chi connectivity index (χ2v) is 5.85. The number of benzene rings is 2. The van der Waals surface area contributed by atoms with Gasteiger partial charge in [-0.1, -0.05) is 48.5 Å². The molecule has 0 aliphatic rings. The lowest BCUT2D eigenvalue weighted by molar-refractivity contribution is -0.136. The zero-order valence-corrected chi connectivity index (χ0v) is 14.4. The standard InChI is InChI=1S/C21H19N3O2/c1-15-6-5-9-19(23-15)14-22-20(25)21(26)24-18-12-10-17(11-13-18)16-7-3-2-4-8-16/h2-13H,14H2,1H3,(H,22,25)(H,24,26). The molecule has 5 nitrogen and oxygen atoms in total. The van der Waals surface area contributed by atoms with Crippen LogP contribution < -0.4 is 10.6 Å². The summed E-state index contributed by atoms with van der Waals surface area (Å²) < 4.78 is 0. The lowest BCUT2D eigenvalue weighted by Crippen LogP contribution is -2.35. The van der Waals surface area contributed by atoms with E-state index >= 15 is 0 Å². The van der Waals surface area contributed by atoms with Gasteiger partial charge in [-0.25, -0.2) is 0 Å². The average Bonchev–Trinajstić information content (AvgIpc) is 2.67. The topological polar surface area (TPSA) is 71.1 Å². The van der Waals surface area contributed by atoms with Gasteiger partial charge in [-0.3, -0.25) is 14.6 Å². The largest absolute Gasteiger partial charge is 0.342 e. The summed E-state index contributed by atoms with van der Waals surface area (Å²) >= 11 is 0. The Labute approximate surface area is 152 Å². The molecule has 0 atom stereocenters. The summed E-state index contributed by atoms with van der Waals surface area (Å²) in [5.41, 5.74) is 4.27. The van der Waals surface area contributed by atoms with E-state index in [2.05, 4.69) is 15.6 Å². The number of hydrogen-bond acceptors (Lipinski definition) is 3. The van der Waals surface area contributed by atoms with E-state index in [4.69, 9.17) is 0 Å². The Morgan fingerprint density at radius 2 is 1.50 bits per heavy atom. The molecule has 1 heterocycles. The fourth-order valence-corrected chi connectivity index (χ4v) is 2.51. The number of rotatable bonds is 4. The van der Waals surface area contributed by atoms with E-state index in [1.807, 2.05) is 61.5 Å². The second kappa shape index (κ2) is 8.07. The first-order valence-electron chi connectivity index (χ1n) is 8.29. The molecule has 26 heavy (non-hydrogen) atoms. The van der Waals surface area contributed by atoms with Crippen molar-refractivity contribution in [2.75, 3.05) is 5.32 Å².